The molecule has 4 nitrogen and oxygen atoms in total. The van der Waals surface area contributed by atoms with E-state index in [1.165, 1.54) is 7.11 Å². The summed E-state index contributed by atoms with van der Waals surface area (Å²) >= 11 is 0. The van der Waals surface area contributed by atoms with Gasteiger partial charge in [0.15, 0.2) is 11.5 Å². The van der Waals surface area contributed by atoms with Crippen molar-refractivity contribution in [3.8, 4) is 23.3 Å². The topological polar surface area (TPSA) is 47.6 Å². The maximum atomic E-state index is 11.8. The van der Waals surface area contributed by atoms with Crippen LogP contribution in [0.5, 0.6) is 11.5 Å². The van der Waals surface area contributed by atoms with E-state index in [9.17, 15) is 4.79 Å². The van der Waals surface area contributed by atoms with Crippen molar-refractivity contribution in [2.24, 2.45) is 0 Å². The summed E-state index contributed by atoms with van der Waals surface area (Å²) in [6.07, 6.45) is 0.648. The molecule has 0 saturated carbocycles. The van der Waals surface area contributed by atoms with Gasteiger partial charge < -0.3 is 14.8 Å². The zero-order valence-corrected chi connectivity index (χ0v) is 10.9. The molecule has 4 heteroatoms. The van der Waals surface area contributed by atoms with Crippen LogP contribution >= 0.6 is 0 Å². The molecule has 0 aliphatic rings. The second-order valence-electron chi connectivity index (χ2n) is 3.50. The Balaban J connectivity index is 2.70. The van der Waals surface area contributed by atoms with E-state index in [2.05, 4.69) is 17.2 Å². The van der Waals surface area contributed by atoms with E-state index in [0.717, 1.165) is 0 Å². The molecule has 1 aromatic carbocycles. The molecule has 0 spiro atoms. The highest BCUT2D eigenvalue weighted by molar-refractivity contribution is 5.94. The van der Waals surface area contributed by atoms with E-state index in [0.29, 0.717) is 30.0 Å². The van der Waals surface area contributed by atoms with Crippen molar-refractivity contribution in [3.63, 3.8) is 0 Å². The Morgan fingerprint density at radius 1 is 1.28 bits per heavy atom. The van der Waals surface area contributed by atoms with Crippen molar-refractivity contribution in [1.29, 1.82) is 0 Å². The lowest BCUT2D eigenvalue weighted by Gasteiger charge is -2.09. The molecule has 1 N–H and O–H groups in total. The van der Waals surface area contributed by atoms with Crippen LogP contribution < -0.4 is 14.8 Å². The summed E-state index contributed by atoms with van der Waals surface area (Å²) in [5.41, 5.74) is 0.539. The summed E-state index contributed by atoms with van der Waals surface area (Å²) in [5, 5.41) is 2.78. The number of rotatable bonds is 5. The maximum Gasteiger partial charge on any atom is 0.251 e. The van der Waals surface area contributed by atoms with Crippen molar-refractivity contribution in [1.82, 2.24) is 5.32 Å². The lowest BCUT2D eigenvalue weighted by Crippen LogP contribution is -2.24. The third kappa shape index (κ3) is 3.70. The third-order valence-corrected chi connectivity index (χ3v) is 2.36. The number of nitrogens with one attached hydrogen (secondary N) is 1. The van der Waals surface area contributed by atoms with Crippen molar-refractivity contribution >= 4 is 5.91 Å². The Bertz CT molecular complexity index is 472. The summed E-state index contributed by atoms with van der Waals surface area (Å²) in [6.45, 7) is 2.31. The van der Waals surface area contributed by atoms with Gasteiger partial charge in [-0.15, -0.1) is 11.8 Å². The van der Waals surface area contributed by atoms with Crippen LogP contribution in [-0.2, 0) is 0 Å². The van der Waals surface area contributed by atoms with E-state index in [4.69, 9.17) is 9.47 Å². The van der Waals surface area contributed by atoms with E-state index in [1.807, 2.05) is 0 Å². The lowest BCUT2D eigenvalue weighted by molar-refractivity contribution is 0.0954. The van der Waals surface area contributed by atoms with E-state index < -0.39 is 0 Å². The monoisotopic (exact) mass is 247 g/mol. The summed E-state index contributed by atoms with van der Waals surface area (Å²) < 4.78 is 10.3. The predicted molar refractivity (Wildman–Crippen MR) is 69.9 cm³/mol. The van der Waals surface area contributed by atoms with Gasteiger partial charge in [-0.3, -0.25) is 4.79 Å². The van der Waals surface area contributed by atoms with Crippen LogP contribution in [0.2, 0.25) is 0 Å². The number of amides is 1. The van der Waals surface area contributed by atoms with Gasteiger partial charge in [-0.2, -0.15) is 0 Å². The molecule has 0 atom stereocenters. The molecule has 1 rings (SSSR count). The van der Waals surface area contributed by atoms with Gasteiger partial charge in [0.05, 0.1) is 14.2 Å². The lowest BCUT2D eigenvalue weighted by atomic mass is 10.2. The molecular formula is C14H17NO3. The molecular weight excluding hydrogens is 230 g/mol. The molecule has 18 heavy (non-hydrogen) atoms. The molecule has 1 amide bonds. The minimum Gasteiger partial charge on any atom is -0.493 e. The Labute approximate surface area is 107 Å². The first-order valence-electron chi connectivity index (χ1n) is 5.62. The number of carbonyl (C=O) groups is 1. The van der Waals surface area contributed by atoms with E-state index in [1.54, 1.807) is 32.2 Å². The summed E-state index contributed by atoms with van der Waals surface area (Å²) in [4.78, 5) is 11.8. The van der Waals surface area contributed by atoms with Crippen LogP contribution in [0.25, 0.3) is 0 Å². The summed E-state index contributed by atoms with van der Waals surface area (Å²) in [6, 6.07) is 5.06. The number of hydrogen-bond acceptors (Lipinski definition) is 3. The van der Waals surface area contributed by atoms with Crippen LogP contribution in [-0.4, -0.2) is 26.7 Å². The fourth-order valence-electron chi connectivity index (χ4n) is 1.44. The Morgan fingerprint density at radius 2 is 2.00 bits per heavy atom. The zero-order valence-electron chi connectivity index (χ0n) is 10.9. The maximum absolute atomic E-state index is 11.8. The second-order valence-corrected chi connectivity index (χ2v) is 3.50. The van der Waals surface area contributed by atoms with Gasteiger partial charge >= 0.3 is 0 Å². The predicted octanol–water partition coefficient (Wildman–Crippen LogP) is 1.85. The zero-order chi connectivity index (χ0) is 13.4. The number of carbonyl (C=O) groups excluding carboxylic acids is 1. The normalized spacial score (nSPS) is 9.06. The fraction of sp³-hybridized carbons (Fsp3) is 0.357. The molecule has 0 heterocycles. The first-order chi connectivity index (χ1) is 8.72. The SMILES string of the molecule is CC#CCCNC(=O)c1ccc(OC)c(OC)c1. The molecule has 0 aliphatic heterocycles. The molecule has 0 saturated heterocycles. The highest BCUT2D eigenvalue weighted by Gasteiger charge is 2.09. The van der Waals surface area contributed by atoms with Gasteiger partial charge in [-0.25, -0.2) is 0 Å². The smallest absolute Gasteiger partial charge is 0.251 e. The number of ether oxygens (including phenoxy) is 2. The highest BCUT2D eigenvalue weighted by atomic mass is 16.5. The van der Waals surface area contributed by atoms with Crippen LogP contribution in [0.1, 0.15) is 23.7 Å². The quantitative estimate of drug-likeness (QED) is 0.638. The number of hydrogen-bond donors (Lipinski definition) is 1. The summed E-state index contributed by atoms with van der Waals surface area (Å²) in [7, 11) is 3.09. The van der Waals surface area contributed by atoms with E-state index >= 15 is 0 Å². The van der Waals surface area contributed by atoms with Crippen LogP contribution in [0.15, 0.2) is 18.2 Å². The van der Waals surface area contributed by atoms with Gasteiger partial charge in [0.25, 0.3) is 5.91 Å². The van der Waals surface area contributed by atoms with Gasteiger partial charge in [-0.1, -0.05) is 0 Å². The van der Waals surface area contributed by atoms with Crippen molar-refractivity contribution in [2.75, 3.05) is 20.8 Å². The van der Waals surface area contributed by atoms with Crippen LogP contribution in [0.4, 0.5) is 0 Å². The first kappa shape index (κ1) is 13.9. The van der Waals surface area contributed by atoms with Crippen molar-refractivity contribution < 1.29 is 14.3 Å². The fourth-order valence-corrected chi connectivity index (χ4v) is 1.44. The van der Waals surface area contributed by atoms with Crippen molar-refractivity contribution in [3.05, 3.63) is 23.8 Å². The molecule has 1 aromatic rings. The third-order valence-electron chi connectivity index (χ3n) is 2.36. The molecule has 0 aromatic heterocycles. The van der Waals surface area contributed by atoms with Crippen molar-refractivity contribution in [2.45, 2.75) is 13.3 Å². The molecule has 96 valence electrons. The molecule has 0 aliphatic carbocycles. The largest absolute Gasteiger partial charge is 0.493 e. The molecule has 0 bridgehead atoms. The Hall–Kier alpha value is -2.15. The molecule has 0 fully saturated rings. The number of methoxy groups -OCH3 is 2. The molecule has 0 radical (unpaired) electrons. The Kier molecular flexibility index (Phi) is 5.59. The van der Waals surface area contributed by atoms with Crippen LogP contribution in [0, 0.1) is 11.8 Å². The average Bonchev–Trinajstić information content (AvgIpc) is 2.42. The Morgan fingerprint density at radius 3 is 2.61 bits per heavy atom. The second kappa shape index (κ2) is 7.23. The first-order valence-corrected chi connectivity index (χ1v) is 5.62. The summed E-state index contributed by atoms with van der Waals surface area (Å²) in [5.74, 6) is 6.66. The average molecular weight is 247 g/mol. The standard InChI is InChI=1S/C14H17NO3/c1-4-5-6-9-15-14(16)11-7-8-12(17-2)13(10-11)18-3/h7-8,10H,6,9H2,1-3H3,(H,15,16). The minimum absolute atomic E-state index is 0.145. The van der Waals surface area contributed by atoms with Crippen LogP contribution in [0.3, 0.4) is 0 Å². The van der Waals surface area contributed by atoms with Gasteiger partial charge in [0.1, 0.15) is 0 Å². The highest BCUT2D eigenvalue weighted by Crippen LogP contribution is 2.27. The minimum atomic E-state index is -0.145. The van der Waals surface area contributed by atoms with Gasteiger partial charge in [0, 0.05) is 18.5 Å². The molecule has 0 unspecified atom stereocenters. The van der Waals surface area contributed by atoms with Gasteiger partial charge in [0.2, 0.25) is 0 Å². The number of benzene rings is 1. The van der Waals surface area contributed by atoms with Gasteiger partial charge in [-0.05, 0) is 25.1 Å². The van der Waals surface area contributed by atoms with E-state index in [-0.39, 0.29) is 5.91 Å².